The second-order valence-electron chi connectivity index (χ2n) is 4.65. The molecule has 1 saturated heterocycles. The topological polar surface area (TPSA) is 62.7 Å². The first kappa shape index (κ1) is 12.0. The fourth-order valence-electron chi connectivity index (χ4n) is 2.28. The molecule has 2 aromatic rings. The van der Waals surface area contributed by atoms with E-state index in [0.717, 1.165) is 24.5 Å². The van der Waals surface area contributed by atoms with Gasteiger partial charge in [-0.2, -0.15) is 0 Å². The van der Waals surface area contributed by atoms with Crippen molar-refractivity contribution in [2.24, 2.45) is 0 Å². The molecule has 0 saturated carbocycles. The molecule has 1 aliphatic rings. The fourth-order valence-corrected chi connectivity index (χ4v) is 2.28. The van der Waals surface area contributed by atoms with Gasteiger partial charge in [0.1, 0.15) is 5.82 Å². The van der Waals surface area contributed by atoms with Crippen molar-refractivity contribution in [3.05, 3.63) is 42.4 Å². The zero-order valence-electron chi connectivity index (χ0n) is 10.7. The van der Waals surface area contributed by atoms with Gasteiger partial charge in [0.25, 0.3) is 0 Å². The Kier molecular flexibility index (Phi) is 3.65. The number of piperidine rings is 1. The molecule has 1 fully saturated rings. The Hall–Kier alpha value is -2.01. The number of nitrogens with one attached hydrogen (secondary N) is 2. The van der Waals surface area contributed by atoms with Crippen molar-refractivity contribution in [3.8, 4) is 0 Å². The third-order valence-electron chi connectivity index (χ3n) is 3.25. The van der Waals surface area contributed by atoms with Gasteiger partial charge >= 0.3 is 0 Å². The summed E-state index contributed by atoms with van der Waals surface area (Å²) in [4.78, 5) is 13.0. The van der Waals surface area contributed by atoms with Crippen LogP contribution in [0.1, 0.15) is 31.0 Å². The standard InChI is InChI=1S/C14H17N5/c1-3-8-15-11(5-1)12-7-10-17-14(18-12)19-13-6-2-4-9-16-13/h2,4,6-7,9-11,15H,1,3,5,8H2,(H,16,17,18,19)/t11-/m1/s1. The highest BCUT2D eigenvalue weighted by Gasteiger charge is 2.16. The number of rotatable bonds is 3. The van der Waals surface area contributed by atoms with Crippen molar-refractivity contribution in [2.45, 2.75) is 25.3 Å². The molecule has 5 heteroatoms. The molecule has 98 valence electrons. The molecule has 0 radical (unpaired) electrons. The Balaban J connectivity index is 1.76. The Morgan fingerprint density at radius 1 is 1.11 bits per heavy atom. The highest BCUT2D eigenvalue weighted by Crippen LogP contribution is 2.22. The van der Waals surface area contributed by atoms with E-state index in [9.17, 15) is 0 Å². The molecular formula is C14H17N5. The minimum atomic E-state index is 0.348. The Labute approximate surface area is 112 Å². The first-order valence-electron chi connectivity index (χ1n) is 6.66. The summed E-state index contributed by atoms with van der Waals surface area (Å²) in [6, 6.07) is 8.04. The molecule has 2 N–H and O–H groups in total. The van der Waals surface area contributed by atoms with Crippen LogP contribution in [0.5, 0.6) is 0 Å². The van der Waals surface area contributed by atoms with Crippen molar-refractivity contribution in [3.63, 3.8) is 0 Å². The lowest BCUT2D eigenvalue weighted by molar-refractivity contribution is 0.405. The summed E-state index contributed by atoms with van der Waals surface area (Å²) in [6.45, 7) is 1.07. The van der Waals surface area contributed by atoms with E-state index in [1.807, 2.05) is 24.3 Å². The van der Waals surface area contributed by atoms with Crippen LogP contribution in [0.15, 0.2) is 36.7 Å². The monoisotopic (exact) mass is 255 g/mol. The smallest absolute Gasteiger partial charge is 0.228 e. The number of pyridine rings is 1. The van der Waals surface area contributed by atoms with E-state index < -0.39 is 0 Å². The van der Waals surface area contributed by atoms with Gasteiger partial charge in [-0.1, -0.05) is 12.5 Å². The van der Waals surface area contributed by atoms with E-state index in [4.69, 9.17) is 0 Å². The maximum absolute atomic E-state index is 4.57. The molecule has 2 aromatic heterocycles. The summed E-state index contributed by atoms with van der Waals surface area (Å²) in [7, 11) is 0. The molecule has 1 aliphatic heterocycles. The molecular weight excluding hydrogens is 238 g/mol. The van der Waals surface area contributed by atoms with Crippen molar-refractivity contribution < 1.29 is 0 Å². The van der Waals surface area contributed by atoms with Crippen molar-refractivity contribution >= 4 is 11.8 Å². The normalized spacial score (nSPS) is 19.1. The van der Waals surface area contributed by atoms with Gasteiger partial charge in [0.15, 0.2) is 0 Å². The Morgan fingerprint density at radius 2 is 2.11 bits per heavy atom. The van der Waals surface area contributed by atoms with E-state index in [-0.39, 0.29) is 0 Å². The van der Waals surface area contributed by atoms with Crippen LogP contribution in [0.2, 0.25) is 0 Å². The second-order valence-corrected chi connectivity index (χ2v) is 4.65. The first-order valence-corrected chi connectivity index (χ1v) is 6.66. The summed E-state index contributed by atoms with van der Waals surface area (Å²) in [5, 5.41) is 6.62. The van der Waals surface area contributed by atoms with E-state index in [1.165, 1.54) is 12.8 Å². The van der Waals surface area contributed by atoms with Crippen LogP contribution in [-0.4, -0.2) is 21.5 Å². The van der Waals surface area contributed by atoms with Crippen LogP contribution in [0.25, 0.3) is 0 Å². The minimum Gasteiger partial charge on any atom is -0.309 e. The fraction of sp³-hybridized carbons (Fsp3) is 0.357. The average Bonchev–Trinajstić information content (AvgIpc) is 2.49. The molecule has 0 aliphatic carbocycles. The quantitative estimate of drug-likeness (QED) is 0.882. The SMILES string of the molecule is c1ccc(Nc2nccc([C@H]3CCCCN3)n2)nc1. The van der Waals surface area contributed by atoms with Crippen molar-refractivity contribution in [1.29, 1.82) is 0 Å². The van der Waals surface area contributed by atoms with Crippen molar-refractivity contribution in [2.75, 3.05) is 11.9 Å². The summed E-state index contributed by atoms with van der Waals surface area (Å²) in [5.41, 5.74) is 1.05. The summed E-state index contributed by atoms with van der Waals surface area (Å²) in [6.07, 6.45) is 7.18. The lowest BCUT2D eigenvalue weighted by Gasteiger charge is -2.23. The Morgan fingerprint density at radius 3 is 2.89 bits per heavy atom. The molecule has 0 bridgehead atoms. The van der Waals surface area contributed by atoms with Gasteiger partial charge in [-0.15, -0.1) is 0 Å². The second kappa shape index (κ2) is 5.75. The average molecular weight is 255 g/mol. The molecule has 1 atom stereocenters. The highest BCUT2D eigenvalue weighted by atomic mass is 15.1. The predicted molar refractivity (Wildman–Crippen MR) is 74.1 cm³/mol. The van der Waals surface area contributed by atoms with Crippen molar-refractivity contribution in [1.82, 2.24) is 20.3 Å². The van der Waals surface area contributed by atoms with Gasteiger partial charge < -0.3 is 10.6 Å². The van der Waals surface area contributed by atoms with Gasteiger partial charge in [0, 0.05) is 18.4 Å². The van der Waals surface area contributed by atoms with Crippen LogP contribution in [0.4, 0.5) is 11.8 Å². The molecule has 19 heavy (non-hydrogen) atoms. The van der Waals surface area contributed by atoms with Crippen LogP contribution < -0.4 is 10.6 Å². The van der Waals surface area contributed by atoms with E-state index in [2.05, 4.69) is 25.6 Å². The van der Waals surface area contributed by atoms with E-state index in [1.54, 1.807) is 12.4 Å². The third-order valence-corrected chi connectivity index (χ3v) is 3.25. The van der Waals surface area contributed by atoms with Gasteiger partial charge in [0.05, 0.1) is 5.69 Å². The summed E-state index contributed by atoms with van der Waals surface area (Å²) in [5.74, 6) is 1.36. The number of hydrogen-bond donors (Lipinski definition) is 2. The molecule has 0 unspecified atom stereocenters. The van der Waals surface area contributed by atoms with E-state index in [0.29, 0.717) is 12.0 Å². The molecule has 0 spiro atoms. The van der Waals surface area contributed by atoms with Crippen LogP contribution in [-0.2, 0) is 0 Å². The molecule has 3 heterocycles. The van der Waals surface area contributed by atoms with Crippen LogP contribution in [0.3, 0.4) is 0 Å². The lowest BCUT2D eigenvalue weighted by Crippen LogP contribution is -2.27. The van der Waals surface area contributed by atoms with Crippen LogP contribution in [0, 0.1) is 0 Å². The third kappa shape index (κ3) is 3.06. The molecule has 5 nitrogen and oxygen atoms in total. The Bertz CT molecular complexity index is 522. The summed E-state index contributed by atoms with van der Waals surface area (Å²) >= 11 is 0. The van der Waals surface area contributed by atoms with Gasteiger partial charge in [-0.25, -0.2) is 15.0 Å². The largest absolute Gasteiger partial charge is 0.309 e. The minimum absolute atomic E-state index is 0.348. The maximum atomic E-state index is 4.57. The zero-order valence-corrected chi connectivity index (χ0v) is 10.7. The molecule has 0 aromatic carbocycles. The summed E-state index contributed by atoms with van der Waals surface area (Å²) < 4.78 is 0. The molecule has 3 rings (SSSR count). The predicted octanol–water partition coefficient (Wildman–Crippen LogP) is 2.43. The number of hydrogen-bond acceptors (Lipinski definition) is 5. The van der Waals surface area contributed by atoms with E-state index >= 15 is 0 Å². The zero-order chi connectivity index (χ0) is 12.9. The maximum Gasteiger partial charge on any atom is 0.228 e. The first-order chi connectivity index (χ1) is 9.42. The van der Waals surface area contributed by atoms with Gasteiger partial charge in [-0.3, -0.25) is 0 Å². The number of nitrogens with zero attached hydrogens (tertiary/aromatic N) is 3. The lowest BCUT2D eigenvalue weighted by atomic mass is 10.0. The van der Waals surface area contributed by atoms with Gasteiger partial charge in [0.2, 0.25) is 5.95 Å². The molecule has 0 amide bonds. The number of aromatic nitrogens is 3. The highest BCUT2D eigenvalue weighted by molar-refractivity contribution is 5.46. The van der Waals surface area contributed by atoms with Crippen LogP contribution >= 0.6 is 0 Å². The number of anilines is 2. The van der Waals surface area contributed by atoms with Gasteiger partial charge in [-0.05, 0) is 37.6 Å².